The summed E-state index contributed by atoms with van der Waals surface area (Å²) in [4.78, 5) is 22.7. The molecule has 0 spiro atoms. The number of piperidine rings is 1. The van der Waals surface area contributed by atoms with Gasteiger partial charge in [0.15, 0.2) is 0 Å². The number of rotatable bonds is 5. The van der Waals surface area contributed by atoms with Crippen molar-refractivity contribution in [3.8, 4) is 11.8 Å². The highest BCUT2D eigenvalue weighted by Gasteiger charge is 2.26. The maximum absolute atomic E-state index is 12.8. The fourth-order valence-electron chi connectivity index (χ4n) is 2.87. The number of hydrogen-bond acceptors (Lipinski definition) is 5. The highest BCUT2D eigenvalue weighted by molar-refractivity contribution is 6.31. The predicted octanol–water partition coefficient (Wildman–Crippen LogP) is 3.07. The van der Waals surface area contributed by atoms with E-state index < -0.39 is 0 Å². The van der Waals surface area contributed by atoms with Crippen LogP contribution in [0.25, 0.3) is 0 Å². The molecular weight excluding hydrogens is 342 g/mol. The number of halogens is 1. The molecule has 2 heterocycles. The van der Waals surface area contributed by atoms with Gasteiger partial charge in [-0.3, -0.25) is 4.79 Å². The maximum atomic E-state index is 12.8. The average Bonchev–Trinajstić information content (AvgIpc) is 2.67. The lowest BCUT2D eigenvalue weighted by Crippen LogP contribution is -2.39. The molecule has 1 aliphatic heterocycles. The second kappa shape index (κ2) is 8.16. The van der Waals surface area contributed by atoms with Crippen LogP contribution in [0.1, 0.15) is 23.2 Å². The van der Waals surface area contributed by atoms with E-state index >= 15 is 0 Å². The lowest BCUT2D eigenvalue weighted by Gasteiger charge is -2.32. The van der Waals surface area contributed by atoms with Gasteiger partial charge >= 0.3 is 6.01 Å². The van der Waals surface area contributed by atoms with Gasteiger partial charge < -0.3 is 14.4 Å². The average molecular weight is 362 g/mol. The van der Waals surface area contributed by atoms with Crippen molar-refractivity contribution in [1.29, 1.82) is 0 Å². The van der Waals surface area contributed by atoms with Crippen LogP contribution in [0.3, 0.4) is 0 Å². The highest BCUT2D eigenvalue weighted by atomic mass is 35.5. The molecule has 0 radical (unpaired) electrons. The Bertz CT molecular complexity index is 719. The molecule has 0 atom stereocenters. The lowest BCUT2D eigenvalue weighted by atomic mass is 9.97. The molecule has 1 aromatic carbocycles. The van der Waals surface area contributed by atoms with Gasteiger partial charge in [-0.1, -0.05) is 11.6 Å². The number of carbonyl (C=O) groups is 1. The van der Waals surface area contributed by atoms with Crippen molar-refractivity contribution >= 4 is 17.5 Å². The topological polar surface area (TPSA) is 64.5 Å². The van der Waals surface area contributed by atoms with Crippen LogP contribution in [0.2, 0.25) is 5.02 Å². The summed E-state index contributed by atoms with van der Waals surface area (Å²) in [5.41, 5.74) is 0.502. The Hall–Kier alpha value is -2.34. The molecule has 2 aromatic rings. The number of amides is 1. The van der Waals surface area contributed by atoms with Gasteiger partial charge in [0.1, 0.15) is 5.75 Å². The van der Waals surface area contributed by atoms with E-state index in [9.17, 15) is 4.79 Å². The van der Waals surface area contributed by atoms with Gasteiger partial charge in [-0.25, -0.2) is 9.97 Å². The van der Waals surface area contributed by atoms with E-state index in [1.165, 1.54) is 0 Å². The van der Waals surface area contributed by atoms with Crippen molar-refractivity contribution in [3.63, 3.8) is 0 Å². The number of aromatic nitrogens is 2. The minimum atomic E-state index is -0.0508. The van der Waals surface area contributed by atoms with Crippen molar-refractivity contribution in [2.24, 2.45) is 5.92 Å². The van der Waals surface area contributed by atoms with Crippen LogP contribution in [0.15, 0.2) is 36.7 Å². The Morgan fingerprint density at radius 1 is 1.28 bits per heavy atom. The maximum Gasteiger partial charge on any atom is 0.316 e. The van der Waals surface area contributed by atoms with Crippen LogP contribution in [-0.2, 0) is 0 Å². The third-order valence-corrected chi connectivity index (χ3v) is 4.52. The number of carbonyl (C=O) groups excluding carboxylic acids is 1. The Morgan fingerprint density at radius 2 is 2.00 bits per heavy atom. The van der Waals surface area contributed by atoms with Crippen LogP contribution >= 0.6 is 11.6 Å². The Balaban J connectivity index is 1.55. The molecule has 0 unspecified atom stereocenters. The van der Waals surface area contributed by atoms with Crippen molar-refractivity contribution in [1.82, 2.24) is 14.9 Å². The molecule has 1 aromatic heterocycles. The molecule has 1 fully saturated rings. The summed E-state index contributed by atoms with van der Waals surface area (Å²) >= 11 is 6.02. The van der Waals surface area contributed by atoms with Crippen LogP contribution < -0.4 is 9.47 Å². The summed E-state index contributed by atoms with van der Waals surface area (Å²) in [5.74, 6) is 0.875. The van der Waals surface area contributed by atoms with Crippen molar-refractivity contribution in [2.75, 3.05) is 26.8 Å². The quantitative estimate of drug-likeness (QED) is 0.818. The number of methoxy groups -OCH3 is 1. The zero-order valence-corrected chi connectivity index (χ0v) is 14.8. The van der Waals surface area contributed by atoms with Crippen LogP contribution in [-0.4, -0.2) is 47.6 Å². The van der Waals surface area contributed by atoms with E-state index in [1.54, 1.807) is 43.8 Å². The smallest absolute Gasteiger partial charge is 0.316 e. The van der Waals surface area contributed by atoms with Gasteiger partial charge in [-0.2, -0.15) is 0 Å². The molecule has 0 aliphatic carbocycles. The summed E-state index contributed by atoms with van der Waals surface area (Å²) in [7, 11) is 1.55. The van der Waals surface area contributed by atoms with E-state index in [1.807, 2.05) is 4.90 Å². The van der Waals surface area contributed by atoms with Crippen molar-refractivity contribution in [3.05, 3.63) is 47.2 Å². The van der Waals surface area contributed by atoms with Gasteiger partial charge in [0.2, 0.25) is 0 Å². The summed E-state index contributed by atoms with van der Waals surface area (Å²) in [6.07, 6.45) is 5.06. The molecule has 3 rings (SSSR count). The molecule has 0 saturated carbocycles. The third kappa shape index (κ3) is 4.39. The number of hydrogen-bond donors (Lipinski definition) is 0. The first kappa shape index (κ1) is 17.5. The van der Waals surface area contributed by atoms with Gasteiger partial charge in [0.05, 0.1) is 19.3 Å². The van der Waals surface area contributed by atoms with Gasteiger partial charge in [0, 0.05) is 30.5 Å². The monoisotopic (exact) mass is 361 g/mol. The fraction of sp³-hybridized carbons (Fsp3) is 0.389. The summed E-state index contributed by atoms with van der Waals surface area (Å²) in [6, 6.07) is 7.23. The normalized spacial score (nSPS) is 15.0. The largest absolute Gasteiger partial charge is 0.496 e. The minimum Gasteiger partial charge on any atom is -0.496 e. The van der Waals surface area contributed by atoms with Gasteiger partial charge in [0.25, 0.3) is 5.91 Å². The molecule has 132 valence electrons. The fourth-order valence-corrected chi connectivity index (χ4v) is 3.04. The Morgan fingerprint density at radius 3 is 2.68 bits per heavy atom. The predicted molar refractivity (Wildman–Crippen MR) is 94.2 cm³/mol. The molecular formula is C18H20ClN3O3. The van der Waals surface area contributed by atoms with Crippen molar-refractivity contribution in [2.45, 2.75) is 12.8 Å². The number of ether oxygens (including phenoxy) is 2. The van der Waals surface area contributed by atoms with E-state index in [0.717, 1.165) is 12.8 Å². The molecule has 0 N–H and O–H groups in total. The molecule has 1 aliphatic rings. The summed E-state index contributed by atoms with van der Waals surface area (Å²) < 4.78 is 10.9. The van der Waals surface area contributed by atoms with Gasteiger partial charge in [-0.05, 0) is 43.0 Å². The third-order valence-electron chi connectivity index (χ3n) is 4.28. The molecule has 0 bridgehead atoms. The highest BCUT2D eigenvalue weighted by Crippen LogP contribution is 2.26. The second-order valence-electron chi connectivity index (χ2n) is 5.92. The molecule has 1 amide bonds. The van der Waals surface area contributed by atoms with Gasteiger partial charge in [-0.15, -0.1) is 0 Å². The zero-order chi connectivity index (χ0) is 17.6. The lowest BCUT2D eigenvalue weighted by molar-refractivity contribution is 0.0654. The Labute approximate surface area is 151 Å². The first-order valence-electron chi connectivity index (χ1n) is 8.20. The number of benzene rings is 1. The van der Waals surface area contributed by atoms with E-state index in [0.29, 0.717) is 48.0 Å². The van der Waals surface area contributed by atoms with E-state index in [2.05, 4.69) is 9.97 Å². The summed E-state index contributed by atoms with van der Waals surface area (Å²) in [6.45, 7) is 1.92. The zero-order valence-electron chi connectivity index (χ0n) is 14.0. The first-order valence-corrected chi connectivity index (χ1v) is 8.58. The second-order valence-corrected chi connectivity index (χ2v) is 6.36. The SMILES string of the molecule is COc1ccc(Cl)cc1C(=O)N1CCC(COc2ncccn2)CC1. The van der Waals surface area contributed by atoms with E-state index in [-0.39, 0.29) is 5.91 Å². The summed E-state index contributed by atoms with van der Waals surface area (Å²) in [5, 5.41) is 0.523. The van der Waals surface area contributed by atoms with Crippen molar-refractivity contribution < 1.29 is 14.3 Å². The minimum absolute atomic E-state index is 0.0508. The standard InChI is InChI=1S/C18H20ClN3O3/c1-24-16-4-3-14(19)11-15(16)17(23)22-9-5-13(6-10-22)12-25-18-20-7-2-8-21-18/h2-4,7-8,11,13H,5-6,9-10,12H2,1H3. The molecule has 1 saturated heterocycles. The van der Waals surface area contributed by atoms with Crippen LogP contribution in [0.4, 0.5) is 0 Å². The molecule has 6 nitrogen and oxygen atoms in total. The molecule has 25 heavy (non-hydrogen) atoms. The number of likely N-dealkylation sites (tertiary alicyclic amines) is 1. The van der Waals surface area contributed by atoms with Crippen LogP contribution in [0, 0.1) is 5.92 Å². The first-order chi connectivity index (χ1) is 12.2. The number of nitrogens with zero attached hydrogens (tertiary/aromatic N) is 3. The van der Waals surface area contributed by atoms with Crippen LogP contribution in [0.5, 0.6) is 11.8 Å². The Kier molecular flexibility index (Phi) is 5.71. The van der Waals surface area contributed by atoms with E-state index in [4.69, 9.17) is 21.1 Å². The molecule has 7 heteroatoms.